The molecule has 0 aliphatic heterocycles. The van der Waals surface area contributed by atoms with Crippen molar-refractivity contribution in [3.8, 4) is 5.75 Å². The SMILES string of the molecule is CC(=O)CC(=O)c1ccc(CC(N)C(=O)O)cc1.CC(=O)CN=Cc1ccc(CC(N)C(=O)O)cc1.CC(=O)CNC(=O)c1ccc(CC(N)C(=O)O)cc1.CC(=O)COc1ccc(CC(N)C(=O)O)cc1.CC(=O)N=Cc1ccc(CC(N)C(=O)O)cc1. The Morgan fingerprint density at radius 2 is 0.753 bits per heavy atom. The number of rotatable bonds is 28. The van der Waals surface area contributed by atoms with Gasteiger partial charge in [0.15, 0.2) is 17.3 Å². The number of carbonyl (C=O) groups excluding carboxylic acids is 7. The molecule has 5 aromatic rings. The van der Waals surface area contributed by atoms with Gasteiger partial charge in [-0.05, 0) is 123 Å². The van der Waals surface area contributed by atoms with Gasteiger partial charge in [0, 0.05) is 30.5 Å². The third-order valence-electron chi connectivity index (χ3n) is 11.5. The second kappa shape index (κ2) is 41.1. The molecular weight excluding hydrogens is 1160 g/mol. The number of nitrogens with zero attached hydrogens (tertiary/aromatic N) is 2. The van der Waals surface area contributed by atoms with E-state index in [9.17, 15) is 57.5 Å². The second-order valence-electron chi connectivity index (χ2n) is 19.9. The summed E-state index contributed by atoms with van der Waals surface area (Å²) in [6.07, 6.45) is 4.20. The van der Waals surface area contributed by atoms with Gasteiger partial charge in [-0.25, -0.2) is 4.99 Å². The first-order chi connectivity index (χ1) is 41.8. The van der Waals surface area contributed by atoms with Gasteiger partial charge in [-0.2, -0.15) is 0 Å². The van der Waals surface area contributed by atoms with E-state index in [1.54, 1.807) is 115 Å². The molecule has 26 nitrogen and oxygen atoms in total. The number of hydrogen-bond acceptors (Lipinski definition) is 19. The first-order valence-electron chi connectivity index (χ1n) is 27.1. The summed E-state index contributed by atoms with van der Waals surface area (Å²) >= 11 is 0. The fourth-order valence-corrected chi connectivity index (χ4v) is 6.79. The quantitative estimate of drug-likeness (QED) is 0.0195. The van der Waals surface area contributed by atoms with Gasteiger partial charge < -0.3 is 64.3 Å². The van der Waals surface area contributed by atoms with E-state index in [0.717, 1.165) is 38.9 Å². The van der Waals surface area contributed by atoms with E-state index in [2.05, 4.69) is 15.3 Å². The lowest BCUT2D eigenvalue weighted by atomic mass is 10.0. The smallest absolute Gasteiger partial charge is 0.320 e. The van der Waals surface area contributed by atoms with Crippen molar-refractivity contribution in [2.75, 3.05) is 19.7 Å². The number of nitrogens with two attached hydrogens (primary N) is 5. The predicted octanol–water partition coefficient (Wildman–Crippen LogP) is 2.63. The van der Waals surface area contributed by atoms with Crippen molar-refractivity contribution < 1.29 is 87.8 Å². The zero-order valence-electron chi connectivity index (χ0n) is 49.8. The highest BCUT2D eigenvalue weighted by Crippen LogP contribution is 2.14. The Morgan fingerprint density at radius 1 is 0.427 bits per heavy atom. The zero-order chi connectivity index (χ0) is 67.3. The molecule has 0 saturated heterocycles. The third kappa shape index (κ3) is 35.2. The topological polar surface area (TPSA) is 482 Å². The van der Waals surface area contributed by atoms with Crippen LogP contribution in [0.3, 0.4) is 0 Å². The van der Waals surface area contributed by atoms with Crippen LogP contribution >= 0.6 is 0 Å². The summed E-state index contributed by atoms with van der Waals surface area (Å²) in [4.78, 5) is 137. The number of hydrogen-bond donors (Lipinski definition) is 11. The van der Waals surface area contributed by atoms with Gasteiger partial charge in [0.1, 0.15) is 54.1 Å². The van der Waals surface area contributed by atoms with E-state index in [0.29, 0.717) is 23.3 Å². The number of carboxylic acids is 5. The molecule has 16 N–H and O–H groups in total. The van der Waals surface area contributed by atoms with E-state index < -0.39 is 60.1 Å². The normalized spacial score (nSPS) is 12.1. The molecule has 476 valence electrons. The fraction of sp³-hybridized carbons (Fsp3) is 0.302. The number of carboxylic acid groups (broad SMARTS) is 5. The molecule has 26 heteroatoms. The predicted molar refractivity (Wildman–Crippen MR) is 329 cm³/mol. The van der Waals surface area contributed by atoms with Crippen molar-refractivity contribution in [3.05, 3.63) is 171 Å². The third-order valence-corrected chi connectivity index (χ3v) is 11.5. The molecular formula is C63H76N8O18. The summed E-state index contributed by atoms with van der Waals surface area (Å²) in [7, 11) is 0. The molecule has 0 aromatic heterocycles. The summed E-state index contributed by atoms with van der Waals surface area (Å²) in [6, 6.07) is 29.4. The Morgan fingerprint density at radius 3 is 1.06 bits per heavy atom. The molecule has 0 aliphatic rings. The first-order valence-corrected chi connectivity index (χ1v) is 27.1. The van der Waals surface area contributed by atoms with E-state index in [4.69, 9.17) is 58.9 Å². The maximum absolute atomic E-state index is 11.6. The van der Waals surface area contributed by atoms with Gasteiger partial charge in [0.25, 0.3) is 5.91 Å². The van der Waals surface area contributed by atoms with Gasteiger partial charge in [-0.15, -0.1) is 0 Å². The molecule has 5 unspecified atom stereocenters. The van der Waals surface area contributed by atoms with Crippen molar-refractivity contribution in [2.24, 2.45) is 38.7 Å². The Hall–Kier alpha value is -10.1. The number of ether oxygens (including phenoxy) is 1. The average molecular weight is 1230 g/mol. The number of nitrogens with one attached hydrogen (secondary N) is 1. The van der Waals surface area contributed by atoms with E-state index >= 15 is 0 Å². The van der Waals surface area contributed by atoms with Gasteiger partial charge in [-0.3, -0.25) is 62.5 Å². The molecule has 0 radical (unpaired) electrons. The standard InChI is InChI=1S/C13H16N2O4.C13H16N2O3.C13H15NO4.C12H14N2O3.C12H15NO4/c1-8(16)7-15-12(17)10-4-2-9(3-5-10)6-11(14)13(18)19;1-9(16)7-15-8-11-4-2-10(3-5-11)6-12(14)13(17)18;1-8(15)6-12(16)10-4-2-9(3-5-10)7-11(14)13(17)18;1-8(15)14-7-10-4-2-9(3-5-10)6-11(13)12(16)17;1-8(14)7-17-10-4-2-9(3-5-10)6-11(13)12(15)16/h2-5,11H,6-7,14H2,1H3,(H,15,17)(H,18,19);2-5,8,12H,6-7,14H2,1H3,(H,17,18);2-5,11H,6-7,14H2,1H3,(H,17,18);2-5,7,11H,6,13H2,1H3,(H,16,17);2-5,11H,6-7,13H2,1H3,(H,15,16). The summed E-state index contributed by atoms with van der Waals surface area (Å²) < 4.78 is 5.18. The molecule has 0 saturated carbocycles. The molecule has 5 aromatic carbocycles. The number of aliphatic carboxylic acids is 5. The van der Waals surface area contributed by atoms with Crippen LogP contribution in [-0.4, -0.2) is 158 Å². The van der Waals surface area contributed by atoms with Crippen LogP contribution in [0.2, 0.25) is 0 Å². The highest BCUT2D eigenvalue weighted by Gasteiger charge is 2.17. The minimum Gasteiger partial charge on any atom is -0.486 e. The van der Waals surface area contributed by atoms with Gasteiger partial charge in [0.2, 0.25) is 5.91 Å². The molecule has 5 rings (SSSR count). The second-order valence-corrected chi connectivity index (χ2v) is 19.9. The number of amides is 2. The van der Waals surface area contributed by atoms with Gasteiger partial charge in [0.05, 0.1) is 19.5 Å². The van der Waals surface area contributed by atoms with E-state index in [1.165, 1.54) is 40.8 Å². The van der Waals surface area contributed by atoms with Gasteiger partial charge >= 0.3 is 29.8 Å². The summed E-state index contributed by atoms with van der Waals surface area (Å²) in [6.45, 7) is 7.24. The van der Waals surface area contributed by atoms with Crippen LogP contribution in [0.25, 0.3) is 0 Å². The van der Waals surface area contributed by atoms with Crippen LogP contribution in [0.1, 0.15) is 101 Å². The van der Waals surface area contributed by atoms with Crippen LogP contribution in [0.5, 0.6) is 5.75 Å². The Bertz CT molecular complexity index is 3240. The van der Waals surface area contributed by atoms with Crippen LogP contribution in [0.4, 0.5) is 0 Å². The lowest BCUT2D eigenvalue weighted by Gasteiger charge is -2.08. The lowest BCUT2D eigenvalue weighted by molar-refractivity contribution is -0.139. The molecule has 0 spiro atoms. The maximum atomic E-state index is 11.6. The molecule has 0 fully saturated rings. The minimum absolute atomic E-state index is 0.00945. The maximum Gasteiger partial charge on any atom is 0.320 e. The van der Waals surface area contributed by atoms with E-state index in [-0.39, 0.29) is 92.5 Å². The molecule has 2 amide bonds. The number of carbonyl (C=O) groups is 12. The lowest BCUT2D eigenvalue weighted by Crippen LogP contribution is -2.32. The molecule has 5 atom stereocenters. The van der Waals surface area contributed by atoms with Crippen molar-refractivity contribution in [1.29, 1.82) is 0 Å². The average Bonchev–Trinajstić information content (AvgIpc) is 3.07. The Labute approximate surface area is 513 Å². The Balaban J connectivity index is 0.000000557. The summed E-state index contributed by atoms with van der Waals surface area (Å²) in [5, 5.41) is 45.8. The Kier molecular flexibility index (Phi) is 35.5. The number of benzene rings is 5. The highest BCUT2D eigenvalue weighted by molar-refractivity contribution is 6.07. The molecule has 0 heterocycles. The molecule has 0 bridgehead atoms. The molecule has 89 heavy (non-hydrogen) atoms. The fourth-order valence-electron chi connectivity index (χ4n) is 6.79. The summed E-state index contributed by atoms with van der Waals surface area (Å²) in [5.74, 6) is -5.81. The van der Waals surface area contributed by atoms with Crippen LogP contribution in [0.15, 0.2) is 131 Å². The number of aliphatic imine (C=N–C) groups is 2. The van der Waals surface area contributed by atoms with Crippen LogP contribution < -0.4 is 38.7 Å². The van der Waals surface area contributed by atoms with Crippen molar-refractivity contribution >= 4 is 83.0 Å². The number of Topliss-reactive ketones (excluding diaryl/α,β-unsaturated/α-hetero) is 5. The van der Waals surface area contributed by atoms with Gasteiger partial charge in [-0.1, -0.05) is 97.1 Å². The van der Waals surface area contributed by atoms with Crippen LogP contribution in [0, 0.1) is 0 Å². The summed E-state index contributed by atoms with van der Waals surface area (Å²) in [5.41, 5.74) is 33.6. The first kappa shape index (κ1) is 76.9. The van der Waals surface area contributed by atoms with Crippen LogP contribution in [-0.2, 0) is 80.0 Å². The number of ketones is 5. The van der Waals surface area contributed by atoms with E-state index in [1.807, 2.05) is 12.1 Å². The molecule has 0 aliphatic carbocycles. The minimum atomic E-state index is -1.07. The van der Waals surface area contributed by atoms with Crippen molar-refractivity contribution in [3.63, 3.8) is 0 Å². The zero-order valence-corrected chi connectivity index (χ0v) is 49.8. The van der Waals surface area contributed by atoms with Crippen molar-refractivity contribution in [2.45, 2.75) is 103 Å². The largest absolute Gasteiger partial charge is 0.486 e. The monoisotopic (exact) mass is 1230 g/mol. The highest BCUT2D eigenvalue weighted by atomic mass is 16.5. The van der Waals surface area contributed by atoms with Crippen molar-refractivity contribution in [1.82, 2.24) is 5.32 Å².